The van der Waals surface area contributed by atoms with Crippen LogP contribution in [0.25, 0.3) is 16.9 Å². The van der Waals surface area contributed by atoms with E-state index in [2.05, 4.69) is 20.8 Å². The van der Waals surface area contributed by atoms with Crippen LogP contribution in [0.15, 0.2) is 53.3 Å². The zero-order chi connectivity index (χ0) is 23.0. The molecule has 3 aromatic heterocycles. The Labute approximate surface area is 184 Å². The predicted molar refractivity (Wildman–Crippen MR) is 122 cm³/mol. The van der Waals surface area contributed by atoms with E-state index in [1.165, 1.54) is 0 Å². The zero-order valence-corrected chi connectivity index (χ0v) is 18.3. The Morgan fingerprint density at radius 3 is 2.59 bits per heavy atom. The topological polar surface area (TPSA) is 128 Å². The van der Waals surface area contributed by atoms with Gasteiger partial charge in [-0.15, -0.1) is 0 Å². The number of hydrogen-bond acceptors (Lipinski definition) is 5. The normalized spacial score (nSPS) is 11.5. The number of fused-ring (bicyclic) bond motifs is 1. The zero-order valence-electron chi connectivity index (χ0n) is 18.3. The van der Waals surface area contributed by atoms with Gasteiger partial charge in [0.05, 0.1) is 17.6 Å². The summed E-state index contributed by atoms with van der Waals surface area (Å²) in [5, 5.41) is 9.30. The summed E-state index contributed by atoms with van der Waals surface area (Å²) >= 11 is 0. The molecule has 3 amide bonds. The first kappa shape index (κ1) is 21.1. The molecule has 0 saturated carbocycles. The molecule has 0 atom stereocenters. The molecule has 0 aliphatic heterocycles. The van der Waals surface area contributed by atoms with Gasteiger partial charge in [-0.25, -0.2) is 9.78 Å². The number of urea groups is 1. The molecule has 0 unspecified atom stereocenters. The van der Waals surface area contributed by atoms with Gasteiger partial charge in [-0.05, 0) is 36.8 Å². The third-order valence-corrected chi connectivity index (χ3v) is 5.06. The van der Waals surface area contributed by atoms with Crippen LogP contribution in [-0.2, 0) is 5.41 Å². The molecular weight excluding hydrogens is 408 g/mol. The number of imidazole rings is 1. The number of benzene rings is 1. The number of aromatic nitrogens is 3. The van der Waals surface area contributed by atoms with E-state index < -0.39 is 6.03 Å². The van der Waals surface area contributed by atoms with Crippen LogP contribution >= 0.6 is 0 Å². The highest BCUT2D eigenvalue weighted by atomic mass is 16.5. The Hall–Kier alpha value is -4.14. The van der Waals surface area contributed by atoms with E-state index in [1.54, 1.807) is 36.5 Å². The summed E-state index contributed by atoms with van der Waals surface area (Å²) in [5.41, 5.74) is 9.13. The van der Waals surface area contributed by atoms with Crippen molar-refractivity contribution >= 4 is 29.1 Å². The average molecular weight is 432 g/mol. The van der Waals surface area contributed by atoms with Crippen LogP contribution in [-0.4, -0.2) is 26.5 Å². The minimum absolute atomic E-state index is 0.210. The van der Waals surface area contributed by atoms with Crippen LogP contribution in [0, 0.1) is 6.92 Å². The average Bonchev–Trinajstić information content (AvgIpc) is 3.35. The number of pyridine rings is 1. The van der Waals surface area contributed by atoms with E-state index in [9.17, 15) is 9.59 Å². The van der Waals surface area contributed by atoms with Crippen LogP contribution in [0.4, 0.5) is 16.3 Å². The fourth-order valence-corrected chi connectivity index (χ4v) is 3.36. The second kappa shape index (κ2) is 7.84. The number of hydrogen-bond donors (Lipinski definition) is 3. The molecule has 0 aliphatic carbocycles. The summed E-state index contributed by atoms with van der Waals surface area (Å²) in [6, 6.07) is 9.99. The minimum Gasteiger partial charge on any atom is -0.359 e. The Morgan fingerprint density at radius 1 is 1.12 bits per heavy atom. The molecule has 1 aromatic carbocycles. The van der Waals surface area contributed by atoms with E-state index in [1.807, 2.05) is 44.4 Å². The molecule has 4 rings (SSSR count). The first-order valence-electron chi connectivity index (χ1n) is 10.1. The van der Waals surface area contributed by atoms with Crippen LogP contribution in [0.5, 0.6) is 0 Å². The summed E-state index contributed by atoms with van der Waals surface area (Å²) in [6.45, 7) is 7.97. The van der Waals surface area contributed by atoms with Gasteiger partial charge < -0.3 is 20.9 Å². The summed E-state index contributed by atoms with van der Waals surface area (Å²) in [4.78, 5) is 28.6. The molecule has 164 valence electrons. The highest BCUT2D eigenvalue weighted by Gasteiger charge is 2.21. The highest BCUT2D eigenvalue weighted by Crippen LogP contribution is 2.29. The standard InChI is InChI=1S/C23H24N6O3/c1-13-7-8-14(21(30)27-19-11-18(32-28-19)23(2,3)4)10-15(13)17-12-25-20-16(26-22(24)31)6-5-9-29(17)20/h5-12H,1-4H3,(H3,24,26,31)(H,27,28,30). The highest BCUT2D eigenvalue weighted by molar-refractivity contribution is 6.04. The number of carbonyl (C=O) groups excluding carboxylic acids is 2. The maximum atomic E-state index is 12.9. The largest absolute Gasteiger partial charge is 0.359 e. The maximum absolute atomic E-state index is 12.9. The Kier molecular flexibility index (Phi) is 5.17. The molecule has 3 heterocycles. The van der Waals surface area contributed by atoms with Crippen LogP contribution in [0.2, 0.25) is 0 Å². The van der Waals surface area contributed by atoms with Crippen molar-refractivity contribution in [2.45, 2.75) is 33.1 Å². The van der Waals surface area contributed by atoms with Crippen molar-refractivity contribution in [1.82, 2.24) is 14.5 Å². The quantitative estimate of drug-likeness (QED) is 0.442. The summed E-state index contributed by atoms with van der Waals surface area (Å²) < 4.78 is 7.18. The monoisotopic (exact) mass is 432 g/mol. The van der Waals surface area contributed by atoms with E-state index >= 15 is 0 Å². The molecule has 32 heavy (non-hydrogen) atoms. The van der Waals surface area contributed by atoms with Crippen LogP contribution < -0.4 is 16.4 Å². The molecule has 0 saturated heterocycles. The molecule has 9 nitrogen and oxygen atoms in total. The number of carbonyl (C=O) groups is 2. The molecular formula is C23H24N6O3. The summed E-state index contributed by atoms with van der Waals surface area (Å²) in [6.07, 6.45) is 3.53. The van der Waals surface area contributed by atoms with Crippen LogP contribution in [0.3, 0.4) is 0 Å². The lowest BCUT2D eigenvalue weighted by atomic mass is 9.93. The number of nitrogens with one attached hydrogen (secondary N) is 2. The van der Waals surface area contributed by atoms with Crippen molar-refractivity contribution in [2.75, 3.05) is 10.6 Å². The van der Waals surface area contributed by atoms with Gasteiger partial charge in [0, 0.05) is 28.8 Å². The fraction of sp³-hybridized carbons (Fsp3) is 0.217. The van der Waals surface area contributed by atoms with Gasteiger partial charge in [-0.1, -0.05) is 32.0 Å². The van der Waals surface area contributed by atoms with Crippen molar-refractivity contribution in [1.29, 1.82) is 0 Å². The smallest absolute Gasteiger partial charge is 0.316 e. The van der Waals surface area contributed by atoms with Crippen molar-refractivity contribution in [3.8, 4) is 11.3 Å². The van der Waals surface area contributed by atoms with Gasteiger partial charge in [-0.2, -0.15) is 0 Å². The van der Waals surface area contributed by atoms with Gasteiger partial charge in [-0.3, -0.25) is 9.20 Å². The number of aryl methyl sites for hydroxylation is 1. The Balaban J connectivity index is 1.67. The van der Waals surface area contributed by atoms with Crippen molar-refractivity contribution in [2.24, 2.45) is 5.73 Å². The number of anilines is 2. The number of nitrogens with zero attached hydrogens (tertiary/aromatic N) is 3. The lowest BCUT2D eigenvalue weighted by molar-refractivity contribution is 0.102. The van der Waals surface area contributed by atoms with Crippen molar-refractivity contribution < 1.29 is 14.1 Å². The number of amides is 3. The lowest BCUT2D eigenvalue weighted by Crippen LogP contribution is -2.19. The third-order valence-electron chi connectivity index (χ3n) is 5.06. The molecule has 4 aromatic rings. The first-order chi connectivity index (χ1) is 15.1. The predicted octanol–water partition coefficient (Wildman–Crippen LogP) is 4.34. The van der Waals surface area contributed by atoms with Gasteiger partial charge in [0.25, 0.3) is 5.91 Å². The van der Waals surface area contributed by atoms with Gasteiger partial charge in [0.2, 0.25) is 0 Å². The molecule has 0 bridgehead atoms. The van der Waals surface area contributed by atoms with Gasteiger partial charge in [0.1, 0.15) is 5.76 Å². The Morgan fingerprint density at radius 2 is 1.91 bits per heavy atom. The number of nitrogens with two attached hydrogens (primary N) is 1. The van der Waals surface area contributed by atoms with E-state index in [-0.39, 0.29) is 11.3 Å². The lowest BCUT2D eigenvalue weighted by Gasteiger charge is -2.12. The van der Waals surface area contributed by atoms with E-state index in [4.69, 9.17) is 10.3 Å². The molecule has 9 heteroatoms. The molecule has 4 N–H and O–H groups in total. The second-order valence-corrected chi connectivity index (χ2v) is 8.56. The van der Waals surface area contributed by atoms with Gasteiger partial charge >= 0.3 is 6.03 Å². The molecule has 0 fully saturated rings. The second-order valence-electron chi connectivity index (χ2n) is 8.56. The first-order valence-corrected chi connectivity index (χ1v) is 10.1. The van der Waals surface area contributed by atoms with Crippen molar-refractivity contribution in [3.05, 3.63) is 65.7 Å². The third kappa shape index (κ3) is 4.04. The minimum atomic E-state index is -0.667. The summed E-state index contributed by atoms with van der Waals surface area (Å²) in [7, 11) is 0. The molecule has 0 aliphatic rings. The summed E-state index contributed by atoms with van der Waals surface area (Å²) in [5.74, 6) is 0.743. The number of rotatable bonds is 4. The molecule has 0 spiro atoms. The fourth-order valence-electron chi connectivity index (χ4n) is 3.36. The molecule has 0 radical (unpaired) electrons. The maximum Gasteiger partial charge on any atom is 0.316 e. The van der Waals surface area contributed by atoms with E-state index in [0.717, 1.165) is 16.8 Å². The van der Waals surface area contributed by atoms with Crippen molar-refractivity contribution in [3.63, 3.8) is 0 Å². The van der Waals surface area contributed by atoms with Crippen LogP contribution in [0.1, 0.15) is 42.5 Å². The SMILES string of the molecule is Cc1ccc(C(=O)Nc2cc(C(C)(C)C)on2)cc1-c1cnc2c(NC(N)=O)cccn12. The van der Waals surface area contributed by atoms with E-state index in [0.29, 0.717) is 28.5 Å². The number of primary amides is 1. The Bertz CT molecular complexity index is 1330. The van der Waals surface area contributed by atoms with Gasteiger partial charge in [0.15, 0.2) is 11.5 Å².